The second kappa shape index (κ2) is 54.0. The number of allylic oxidation sites excluding steroid dienone is 8. The standard InChI is InChI=1S/C59H106O6/c1-4-7-10-13-16-19-22-25-26-27-28-29-30-31-32-33-34-35-38-40-43-46-49-52-58(61)64-55-56(65-59(62)53-50-47-44-41-37-24-21-18-15-12-9-6-3)54-63-57(60)51-48-45-42-39-36-23-20-17-14-11-8-5-2/h17-18,20-22,25,27-28,56H,4-16,19,23-24,26,29-55H2,1-3H3/b20-17-,21-18-,25-22-,28-27-. The van der Waals surface area contributed by atoms with Crippen LogP contribution in [-0.4, -0.2) is 37.2 Å². The van der Waals surface area contributed by atoms with Crippen molar-refractivity contribution in [2.24, 2.45) is 0 Å². The molecule has 6 heteroatoms. The molecule has 0 radical (unpaired) electrons. The molecule has 0 saturated heterocycles. The van der Waals surface area contributed by atoms with Crippen LogP contribution in [0.5, 0.6) is 0 Å². The number of hydrogen-bond acceptors (Lipinski definition) is 6. The molecule has 0 aliphatic heterocycles. The van der Waals surface area contributed by atoms with Crippen LogP contribution >= 0.6 is 0 Å². The SMILES string of the molecule is CCCCC/C=C\CCCCCCCC(=O)OCC(COC(=O)CCCCCCCCCCCCC/C=C\C/C=C\CCCCCCC)OC(=O)CCCCCCC/C=C\CCCCC. The van der Waals surface area contributed by atoms with Gasteiger partial charge in [-0.25, -0.2) is 0 Å². The van der Waals surface area contributed by atoms with Crippen LogP contribution in [0.15, 0.2) is 48.6 Å². The van der Waals surface area contributed by atoms with Gasteiger partial charge in [0.1, 0.15) is 13.2 Å². The number of rotatable bonds is 51. The minimum absolute atomic E-state index is 0.0788. The van der Waals surface area contributed by atoms with Gasteiger partial charge in [0.2, 0.25) is 0 Å². The molecular weight excluding hydrogens is 805 g/mol. The van der Waals surface area contributed by atoms with Crippen molar-refractivity contribution in [3.8, 4) is 0 Å². The molecule has 0 heterocycles. The molecule has 1 unspecified atom stereocenters. The third kappa shape index (κ3) is 52.2. The molecule has 6 nitrogen and oxygen atoms in total. The molecule has 1 atom stereocenters. The number of unbranched alkanes of at least 4 members (excludes halogenated alkanes) is 32. The highest BCUT2D eigenvalue weighted by Crippen LogP contribution is 2.15. The second-order valence-electron chi connectivity index (χ2n) is 18.8. The fourth-order valence-corrected chi connectivity index (χ4v) is 7.99. The molecule has 378 valence electrons. The number of hydrogen-bond donors (Lipinski definition) is 0. The van der Waals surface area contributed by atoms with Crippen LogP contribution in [0.2, 0.25) is 0 Å². The largest absolute Gasteiger partial charge is 0.462 e. The van der Waals surface area contributed by atoms with E-state index in [1.807, 2.05) is 0 Å². The zero-order chi connectivity index (χ0) is 47.2. The first-order chi connectivity index (χ1) is 32.0. The van der Waals surface area contributed by atoms with E-state index in [1.165, 1.54) is 167 Å². The number of ether oxygens (including phenoxy) is 3. The summed E-state index contributed by atoms with van der Waals surface area (Å²) in [4.78, 5) is 38.0. The third-order valence-electron chi connectivity index (χ3n) is 12.3. The van der Waals surface area contributed by atoms with Gasteiger partial charge in [-0.3, -0.25) is 14.4 Å². The average molecular weight is 911 g/mol. The summed E-state index contributed by atoms with van der Waals surface area (Å²) in [7, 11) is 0. The summed E-state index contributed by atoms with van der Waals surface area (Å²) >= 11 is 0. The molecule has 0 saturated carbocycles. The van der Waals surface area contributed by atoms with E-state index in [9.17, 15) is 14.4 Å². The van der Waals surface area contributed by atoms with Crippen molar-refractivity contribution in [1.82, 2.24) is 0 Å². The van der Waals surface area contributed by atoms with Crippen molar-refractivity contribution in [1.29, 1.82) is 0 Å². The van der Waals surface area contributed by atoms with Gasteiger partial charge in [0.15, 0.2) is 6.10 Å². The Morgan fingerprint density at radius 1 is 0.308 bits per heavy atom. The zero-order valence-electron chi connectivity index (χ0n) is 43.3. The Morgan fingerprint density at radius 3 is 0.892 bits per heavy atom. The van der Waals surface area contributed by atoms with Crippen LogP contribution < -0.4 is 0 Å². The van der Waals surface area contributed by atoms with E-state index in [0.717, 1.165) is 83.5 Å². The average Bonchev–Trinajstić information content (AvgIpc) is 3.30. The minimum Gasteiger partial charge on any atom is -0.462 e. The molecule has 0 fully saturated rings. The Balaban J connectivity index is 4.25. The zero-order valence-corrected chi connectivity index (χ0v) is 43.3. The first-order valence-corrected chi connectivity index (χ1v) is 28.1. The van der Waals surface area contributed by atoms with E-state index in [-0.39, 0.29) is 31.1 Å². The van der Waals surface area contributed by atoms with Gasteiger partial charge < -0.3 is 14.2 Å². The Bertz CT molecular complexity index is 1140. The molecular formula is C59H106O6. The summed E-state index contributed by atoms with van der Waals surface area (Å²) in [5, 5.41) is 0. The lowest BCUT2D eigenvalue weighted by Gasteiger charge is -2.18. The van der Waals surface area contributed by atoms with Crippen LogP contribution in [0, 0.1) is 0 Å². The van der Waals surface area contributed by atoms with Crippen molar-refractivity contribution < 1.29 is 28.6 Å². The van der Waals surface area contributed by atoms with Gasteiger partial charge in [-0.15, -0.1) is 0 Å². The van der Waals surface area contributed by atoms with E-state index in [0.29, 0.717) is 19.3 Å². The molecule has 65 heavy (non-hydrogen) atoms. The van der Waals surface area contributed by atoms with Gasteiger partial charge in [-0.2, -0.15) is 0 Å². The van der Waals surface area contributed by atoms with Crippen molar-refractivity contribution in [3.63, 3.8) is 0 Å². The highest BCUT2D eigenvalue weighted by Gasteiger charge is 2.19. The van der Waals surface area contributed by atoms with Gasteiger partial charge in [-0.1, -0.05) is 217 Å². The highest BCUT2D eigenvalue weighted by molar-refractivity contribution is 5.71. The van der Waals surface area contributed by atoms with E-state index >= 15 is 0 Å². The molecule has 0 rings (SSSR count). The van der Waals surface area contributed by atoms with Crippen LogP contribution in [0.1, 0.15) is 290 Å². The van der Waals surface area contributed by atoms with E-state index in [2.05, 4.69) is 69.4 Å². The Hall–Kier alpha value is -2.63. The fourth-order valence-electron chi connectivity index (χ4n) is 7.99. The summed E-state index contributed by atoms with van der Waals surface area (Å²) in [5.41, 5.74) is 0. The maximum atomic E-state index is 12.8. The summed E-state index contributed by atoms with van der Waals surface area (Å²) < 4.78 is 16.8. The lowest BCUT2D eigenvalue weighted by atomic mass is 10.0. The molecule has 0 aromatic rings. The smallest absolute Gasteiger partial charge is 0.306 e. The van der Waals surface area contributed by atoms with Gasteiger partial charge in [0.25, 0.3) is 0 Å². The third-order valence-corrected chi connectivity index (χ3v) is 12.3. The van der Waals surface area contributed by atoms with Gasteiger partial charge in [-0.05, 0) is 103 Å². The molecule has 0 aliphatic carbocycles. The predicted octanol–water partition coefficient (Wildman–Crippen LogP) is 18.7. The first-order valence-electron chi connectivity index (χ1n) is 28.1. The number of carbonyl (C=O) groups excluding carboxylic acids is 3. The van der Waals surface area contributed by atoms with Gasteiger partial charge in [0, 0.05) is 19.3 Å². The molecule has 0 spiro atoms. The first kappa shape index (κ1) is 62.4. The lowest BCUT2D eigenvalue weighted by Crippen LogP contribution is -2.30. The topological polar surface area (TPSA) is 78.9 Å². The summed E-state index contributed by atoms with van der Waals surface area (Å²) in [6, 6.07) is 0. The quantitative estimate of drug-likeness (QED) is 0.0262. The lowest BCUT2D eigenvalue weighted by molar-refractivity contribution is -0.167. The molecule has 0 bridgehead atoms. The van der Waals surface area contributed by atoms with Crippen molar-refractivity contribution in [2.45, 2.75) is 297 Å². The summed E-state index contributed by atoms with van der Waals surface area (Å²) in [5.74, 6) is -0.891. The van der Waals surface area contributed by atoms with E-state index < -0.39 is 6.10 Å². The molecule has 0 aromatic heterocycles. The monoisotopic (exact) mass is 911 g/mol. The summed E-state index contributed by atoms with van der Waals surface area (Å²) in [6.45, 7) is 6.58. The minimum atomic E-state index is -0.779. The van der Waals surface area contributed by atoms with Crippen molar-refractivity contribution in [2.75, 3.05) is 13.2 Å². The van der Waals surface area contributed by atoms with Crippen molar-refractivity contribution in [3.05, 3.63) is 48.6 Å². The van der Waals surface area contributed by atoms with Crippen LogP contribution in [0.4, 0.5) is 0 Å². The van der Waals surface area contributed by atoms with Crippen LogP contribution in [0.3, 0.4) is 0 Å². The molecule has 0 aromatic carbocycles. The predicted molar refractivity (Wildman–Crippen MR) is 279 cm³/mol. The fraction of sp³-hybridized carbons (Fsp3) is 0.814. The van der Waals surface area contributed by atoms with Crippen LogP contribution in [-0.2, 0) is 28.6 Å². The van der Waals surface area contributed by atoms with Gasteiger partial charge >= 0.3 is 17.9 Å². The van der Waals surface area contributed by atoms with E-state index in [4.69, 9.17) is 14.2 Å². The van der Waals surface area contributed by atoms with Gasteiger partial charge in [0.05, 0.1) is 0 Å². The second-order valence-corrected chi connectivity index (χ2v) is 18.8. The molecule has 0 N–H and O–H groups in total. The summed E-state index contributed by atoms with van der Waals surface area (Å²) in [6.07, 6.45) is 65.3. The highest BCUT2D eigenvalue weighted by atomic mass is 16.6. The number of carbonyl (C=O) groups is 3. The Labute approximate surface area is 403 Å². The Kier molecular flexibility index (Phi) is 51.8. The number of esters is 3. The van der Waals surface area contributed by atoms with Crippen molar-refractivity contribution >= 4 is 17.9 Å². The van der Waals surface area contributed by atoms with E-state index in [1.54, 1.807) is 0 Å². The maximum absolute atomic E-state index is 12.8. The maximum Gasteiger partial charge on any atom is 0.306 e. The van der Waals surface area contributed by atoms with Crippen LogP contribution in [0.25, 0.3) is 0 Å². The normalized spacial score (nSPS) is 12.4. The molecule has 0 amide bonds. The Morgan fingerprint density at radius 2 is 0.554 bits per heavy atom. The molecule has 0 aliphatic rings.